The van der Waals surface area contributed by atoms with Crippen LogP contribution in [0.5, 0.6) is 0 Å². The summed E-state index contributed by atoms with van der Waals surface area (Å²) in [4.78, 5) is 1.77. The molecule has 0 radical (unpaired) electrons. The first-order chi connectivity index (χ1) is 14.2. The van der Waals surface area contributed by atoms with E-state index in [1.165, 1.54) is 148 Å². The van der Waals surface area contributed by atoms with Crippen molar-refractivity contribution < 1.29 is 28.9 Å². The molecular formula is C28H62IN. The average Bonchev–Trinajstić information content (AvgIpc) is 2.71. The second-order valence-corrected chi connectivity index (χ2v) is 9.53. The molecule has 186 valence electrons. The van der Waals surface area contributed by atoms with Gasteiger partial charge in [-0.3, -0.25) is 0 Å². The van der Waals surface area contributed by atoms with Crippen LogP contribution >= 0.6 is 0 Å². The maximum atomic E-state index is 2.40. The first-order valence-corrected chi connectivity index (χ1v) is 14.0. The van der Waals surface area contributed by atoms with E-state index in [2.05, 4.69) is 34.7 Å². The fourth-order valence-electron chi connectivity index (χ4n) is 3.95. The number of halogens is 1. The summed E-state index contributed by atoms with van der Waals surface area (Å²) in [6.45, 7) is 11.6. The third-order valence-corrected chi connectivity index (χ3v) is 5.91. The predicted molar refractivity (Wildman–Crippen MR) is 136 cm³/mol. The molecule has 0 amide bonds. The highest BCUT2D eigenvalue weighted by molar-refractivity contribution is 4.48. The molecule has 0 heterocycles. The maximum absolute atomic E-state index is 2.40. The van der Waals surface area contributed by atoms with Crippen LogP contribution in [0.1, 0.15) is 163 Å². The van der Waals surface area contributed by atoms with Crippen LogP contribution in [0, 0.1) is 0 Å². The van der Waals surface area contributed by atoms with E-state index in [1.807, 2.05) is 0 Å². The van der Waals surface area contributed by atoms with Crippen LogP contribution in [0.15, 0.2) is 0 Å². The van der Waals surface area contributed by atoms with Gasteiger partial charge in [0, 0.05) is 0 Å². The monoisotopic (exact) mass is 539 g/mol. The lowest BCUT2D eigenvalue weighted by Crippen LogP contribution is -3.09. The molecule has 0 saturated heterocycles. The lowest BCUT2D eigenvalue weighted by Gasteiger charge is -2.13. The van der Waals surface area contributed by atoms with Gasteiger partial charge in [0.25, 0.3) is 0 Å². The van der Waals surface area contributed by atoms with Gasteiger partial charge in [0.2, 0.25) is 0 Å². The number of nitrogens with one attached hydrogen (secondary N) is 1. The average molecular weight is 540 g/mol. The van der Waals surface area contributed by atoms with Crippen molar-refractivity contribution in [3.8, 4) is 0 Å². The number of unbranched alkanes of at least 4 members (excludes halogenated alkanes) is 18. The van der Waals surface area contributed by atoms with Crippen molar-refractivity contribution in [3.63, 3.8) is 0 Å². The topological polar surface area (TPSA) is 4.44 Å². The Labute approximate surface area is 211 Å². The van der Waals surface area contributed by atoms with E-state index in [9.17, 15) is 0 Å². The summed E-state index contributed by atoms with van der Waals surface area (Å²) in [6.07, 6.45) is 30.3. The quantitative estimate of drug-likeness (QED) is 0.132. The third-order valence-electron chi connectivity index (χ3n) is 5.91. The molecule has 0 aliphatic heterocycles. The zero-order chi connectivity index (χ0) is 21.8. The van der Waals surface area contributed by atoms with Gasteiger partial charge in [-0.1, -0.05) is 137 Å². The van der Waals surface area contributed by atoms with Crippen molar-refractivity contribution in [3.05, 3.63) is 0 Å². The van der Waals surface area contributed by atoms with Crippen molar-refractivity contribution in [2.24, 2.45) is 0 Å². The van der Waals surface area contributed by atoms with Gasteiger partial charge in [-0.05, 0) is 25.7 Å². The van der Waals surface area contributed by atoms with E-state index in [4.69, 9.17) is 0 Å². The fourth-order valence-corrected chi connectivity index (χ4v) is 3.95. The molecule has 0 aromatic heterocycles. The lowest BCUT2D eigenvalue weighted by atomic mass is 10.1. The third kappa shape index (κ3) is 36.1. The van der Waals surface area contributed by atoms with Crippen LogP contribution in [0.3, 0.4) is 0 Å². The molecule has 30 heavy (non-hydrogen) atoms. The molecular weight excluding hydrogens is 477 g/mol. The van der Waals surface area contributed by atoms with Gasteiger partial charge in [0.15, 0.2) is 0 Å². The minimum atomic E-state index is 0. The molecule has 0 aliphatic rings. The molecule has 0 aromatic carbocycles. The largest absolute Gasteiger partial charge is 1.00 e. The molecule has 2 heteroatoms. The van der Waals surface area contributed by atoms with Crippen molar-refractivity contribution in [1.29, 1.82) is 0 Å². The Hall–Kier alpha value is 0.690. The summed E-state index contributed by atoms with van der Waals surface area (Å²) in [5, 5.41) is 0. The highest BCUT2D eigenvalue weighted by Crippen LogP contribution is 2.11. The molecule has 1 nitrogen and oxygen atoms in total. The van der Waals surface area contributed by atoms with Gasteiger partial charge >= 0.3 is 0 Å². The van der Waals surface area contributed by atoms with E-state index < -0.39 is 0 Å². The molecule has 0 fully saturated rings. The predicted octanol–water partition coefficient (Wildman–Crippen LogP) is 5.76. The van der Waals surface area contributed by atoms with Crippen LogP contribution in [0.2, 0.25) is 0 Å². The van der Waals surface area contributed by atoms with Crippen LogP contribution in [-0.4, -0.2) is 20.1 Å². The van der Waals surface area contributed by atoms with Gasteiger partial charge in [-0.2, -0.15) is 0 Å². The van der Waals surface area contributed by atoms with Gasteiger partial charge in [0.1, 0.15) is 0 Å². The van der Waals surface area contributed by atoms with Gasteiger partial charge < -0.3 is 28.9 Å². The minimum Gasteiger partial charge on any atom is -1.00 e. The van der Waals surface area contributed by atoms with Crippen LogP contribution in [0.4, 0.5) is 0 Å². The Morgan fingerprint density at radius 1 is 0.367 bits per heavy atom. The summed E-state index contributed by atoms with van der Waals surface area (Å²) >= 11 is 0. The van der Waals surface area contributed by atoms with E-state index in [-0.39, 0.29) is 24.0 Å². The highest BCUT2D eigenvalue weighted by Gasteiger charge is 2.01. The van der Waals surface area contributed by atoms with Gasteiger partial charge in [-0.15, -0.1) is 0 Å². The minimum absolute atomic E-state index is 0. The molecule has 1 N–H and O–H groups in total. The lowest BCUT2D eigenvalue weighted by molar-refractivity contribution is -0.880. The molecule has 0 aliphatic carbocycles. The molecule has 0 saturated carbocycles. The number of quaternary nitrogens is 1. The van der Waals surface area contributed by atoms with Crippen LogP contribution in [-0.2, 0) is 0 Å². The second kappa shape index (κ2) is 34.3. The van der Waals surface area contributed by atoms with Gasteiger partial charge in [-0.25, -0.2) is 0 Å². The molecule has 0 spiro atoms. The number of hydrogen-bond acceptors (Lipinski definition) is 0. The fraction of sp³-hybridized carbons (Fsp3) is 1.00. The van der Waals surface area contributed by atoms with Crippen molar-refractivity contribution >= 4 is 0 Å². The Morgan fingerprint density at radius 3 is 0.800 bits per heavy atom. The van der Waals surface area contributed by atoms with Gasteiger partial charge in [0.05, 0.1) is 20.1 Å². The van der Waals surface area contributed by atoms with Crippen molar-refractivity contribution in [2.45, 2.75) is 163 Å². The molecule has 0 atom stereocenters. The van der Waals surface area contributed by atoms with Crippen LogP contribution in [0.25, 0.3) is 0 Å². The Balaban J connectivity index is -0.00000171. The maximum Gasteiger partial charge on any atom is 0.0768 e. The summed E-state index contributed by atoms with van der Waals surface area (Å²) in [6, 6.07) is 0. The molecule has 0 unspecified atom stereocenters. The summed E-state index contributed by atoms with van der Waals surface area (Å²) in [5.74, 6) is 0. The molecule has 0 aromatic rings. The van der Waals surface area contributed by atoms with Crippen molar-refractivity contribution in [2.75, 3.05) is 20.1 Å². The standard InChI is InChI=1S/C25H53N.C3H8.HI/c1-4-6-8-10-12-14-16-18-20-22-24-26(3)25-23-21-19-17-15-13-11-9-7-5-2;1-3-2;/h4-25H2,1-3H3;3H2,1-2H3;1H. The SMILES string of the molecule is CCC.CCCCCCCCCCCC[NH+](C)CCCCCCCCCCCC.[I-]. The van der Waals surface area contributed by atoms with E-state index in [1.54, 1.807) is 4.90 Å². The summed E-state index contributed by atoms with van der Waals surface area (Å²) in [5.41, 5.74) is 0. The first kappa shape index (κ1) is 35.3. The summed E-state index contributed by atoms with van der Waals surface area (Å²) < 4.78 is 0. The van der Waals surface area contributed by atoms with E-state index in [0.717, 1.165) is 0 Å². The normalized spacial score (nSPS) is 10.6. The van der Waals surface area contributed by atoms with E-state index >= 15 is 0 Å². The molecule has 0 rings (SSSR count). The number of rotatable bonds is 22. The van der Waals surface area contributed by atoms with Crippen molar-refractivity contribution in [1.82, 2.24) is 0 Å². The number of hydrogen-bond donors (Lipinski definition) is 1. The molecule has 0 bridgehead atoms. The Morgan fingerprint density at radius 2 is 0.567 bits per heavy atom. The zero-order valence-electron chi connectivity index (χ0n) is 22.1. The Kier molecular flexibility index (Phi) is 40.3. The Bertz CT molecular complexity index is 233. The zero-order valence-corrected chi connectivity index (χ0v) is 24.3. The smallest absolute Gasteiger partial charge is 0.0768 e. The summed E-state index contributed by atoms with van der Waals surface area (Å²) in [7, 11) is 2.40. The van der Waals surface area contributed by atoms with Crippen LogP contribution < -0.4 is 28.9 Å². The highest BCUT2D eigenvalue weighted by atomic mass is 127. The first-order valence-electron chi connectivity index (χ1n) is 14.0. The van der Waals surface area contributed by atoms with E-state index in [0.29, 0.717) is 0 Å². The second-order valence-electron chi connectivity index (χ2n) is 9.53.